The molecule has 1 aliphatic heterocycles. The number of aromatic nitrogens is 3. The van der Waals surface area contributed by atoms with Crippen LogP contribution < -0.4 is 5.32 Å². The molecule has 0 spiro atoms. The van der Waals surface area contributed by atoms with Crippen molar-refractivity contribution in [2.75, 3.05) is 39.2 Å². The fourth-order valence-electron chi connectivity index (χ4n) is 2.97. The van der Waals surface area contributed by atoms with Gasteiger partial charge in [0.25, 0.3) is 0 Å². The lowest BCUT2D eigenvalue weighted by Crippen LogP contribution is -2.39. The number of nitrogens with one attached hydrogen (secondary N) is 1. The van der Waals surface area contributed by atoms with Gasteiger partial charge in [0.1, 0.15) is 12.1 Å². The van der Waals surface area contributed by atoms with Gasteiger partial charge in [-0.1, -0.05) is 0 Å². The van der Waals surface area contributed by atoms with Crippen molar-refractivity contribution in [3.63, 3.8) is 0 Å². The normalized spacial score (nSPS) is 16.2. The van der Waals surface area contributed by atoms with Gasteiger partial charge in [0.05, 0.1) is 18.1 Å². The average molecular weight is 303 g/mol. The number of nitrogens with zero attached hydrogens (tertiary/aromatic N) is 4. The van der Waals surface area contributed by atoms with Gasteiger partial charge in [0.2, 0.25) is 5.91 Å². The molecule has 7 nitrogen and oxygen atoms in total. The lowest BCUT2D eigenvalue weighted by atomic mass is 9.93. The smallest absolute Gasteiger partial charge is 0.248 e. The molecule has 0 aromatic carbocycles. The zero-order valence-corrected chi connectivity index (χ0v) is 13.0. The molecule has 2 aromatic heterocycles. The predicted molar refractivity (Wildman–Crippen MR) is 83.0 cm³/mol. The van der Waals surface area contributed by atoms with E-state index >= 15 is 0 Å². The van der Waals surface area contributed by atoms with Crippen molar-refractivity contribution >= 4 is 17.2 Å². The average Bonchev–Trinajstić information content (AvgIpc) is 3.03. The topological polar surface area (TPSA) is 71.8 Å². The van der Waals surface area contributed by atoms with E-state index in [1.807, 2.05) is 28.7 Å². The third kappa shape index (κ3) is 2.76. The molecule has 1 amide bonds. The first-order chi connectivity index (χ1) is 10.7. The summed E-state index contributed by atoms with van der Waals surface area (Å²) < 4.78 is 6.77. The highest BCUT2D eigenvalue weighted by molar-refractivity contribution is 5.77. The van der Waals surface area contributed by atoms with Crippen LogP contribution in [0.25, 0.3) is 5.52 Å². The summed E-state index contributed by atoms with van der Waals surface area (Å²) in [6, 6.07) is 1.94. The van der Waals surface area contributed by atoms with Crippen LogP contribution >= 0.6 is 0 Å². The van der Waals surface area contributed by atoms with Crippen molar-refractivity contribution in [2.45, 2.75) is 18.8 Å². The summed E-state index contributed by atoms with van der Waals surface area (Å²) >= 11 is 0. The van der Waals surface area contributed by atoms with E-state index in [0.29, 0.717) is 5.92 Å². The molecule has 0 unspecified atom stereocenters. The highest BCUT2D eigenvalue weighted by Gasteiger charge is 2.25. The van der Waals surface area contributed by atoms with Crippen LogP contribution in [-0.4, -0.2) is 59.3 Å². The second-order valence-electron chi connectivity index (χ2n) is 5.51. The molecule has 2 aromatic rings. The molecule has 7 heteroatoms. The maximum atomic E-state index is 11.8. The first-order valence-electron chi connectivity index (χ1n) is 7.51. The number of piperidine rings is 1. The zero-order chi connectivity index (χ0) is 15.5. The molecule has 1 aliphatic rings. The minimum atomic E-state index is 0.0624. The Kier molecular flexibility index (Phi) is 4.24. The minimum absolute atomic E-state index is 0.0624. The van der Waals surface area contributed by atoms with Crippen LogP contribution in [0.2, 0.25) is 0 Å². The standard InChI is InChI=1S/C15H21N5O2/c1-16-15-13-3-6-17-20(13)9-12(18-15)11-4-7-19(8-5-11)14(21)10-22-2/h3,6,9,11H,4-5,7-8,10H2,1-2H3,(H,16,18). The Morgan fingerprint density at radius 1 is 1.45 bits per heavy atom. The quantitative estimate of drug-likeness (QED) is 0.916. The molecule has 1 fully saturated rings. The van der Waals surface area contributed by atoms with E-state index < -0.39 is 0 Å². The van der Waals surface area contributed by atoms with Crippen molar-refractivity contribution in [1.82, 2.24) is 19.5 Å². The number of ether oxygens (including phenoxy) is 1. The molecule has 0 saturated carbocycles. The van der Waals surface area contributed by atoms with Gasteiger partial charge in [0, 0.05) is 33.2 Å². The number of anilines is 1. The fraction of sp³-hybridized carbons (Fsp3) is 0.533. The van der Waals surface area contributed by atoms with Gasteiger partial charge in [-0.25, -0.2) is 9.50 Å². The number of likely N-dealkylation sites (tertiary alicyclic amines) is 1. The molecule has 0 atom stereocenters. The summed E-state index contributed by atoms with van der Waals surface area (Å²) in [7, 11) is 3.41. The number of amides is 1. The zero-order valence-electron chi connectivity index (χ0n) is 13.0. The molecular formula is C15H21N5O2. The number of hydrogen-bond donors (Lipinski definition) is 1. The van der Waals surface area contributed by atoms with Gasteiger partial charge < -0.3 is 15.0 Å². The fourth-order valence-corrected chi connectivity index (χ4v) is 2.97. The molecular weight excluding hydrogens is 282 g/mol. The van der Waals surface area contributed by atoms with Gasteiger partial charge in [-0.05, 0) is 18.9 Å². The Hall–Kier alpha value is -2.15. The van der Waals surface area contributed by atoms with Gasteiger partial charge >= 0.3 is 0 Å². The van der Waals surface area contributed by atoms with E-state index in [9.17, 15) is 4.79 Å². The summed E-state index contributed by atoms with van der Waals surface area (Å²) in [6.07, 6.45) is 5.60. The molecule has 1 N–H and O–H groups in total. The Bertz CT molecular complexity index is 661. The lowest BCUT2D eigenvalue weighted by molar-refractivity contribution is -0.136. The first kappa shape index (κ1) is 14.8. The van der Waals surface area contributed by atoms with Crippen LogP contribution in [0.3, 0.4) is 0 Å². The number of rotatable bonds is 4. The van der Waals surface area contributed by atoms with Gasteiger partial charge in [-0.2, -0.15) is 5.10 Å². The van der Waals surface area contributed by atoms with Crippen molar-refractivity contribution in [1.29, 1.82) is 0 Å². The van der Waals surface area contributed by atoms with E-state index in [1.165, 1.54) is 0 Å². The van der Waals surface area contributed by atoms with Crippen molar-refractivity contribution in [2.24, 2.45) is 0 Å². The molecule has 22 heavy (non-hydrogen) atoms. The number of hydrogen-bond acceptors (Lipinski definition) is 5. The van der Waals surface area contributed by atoms with Crippen LogP contribution in [0.4, 0.5) is 5.82 Å². The Morgan fingerprint density at radius 3 is 2.91 bits per heavy atom. The van der Waals surface area contributed by atoms with E-state index in [4.69, 9.17) is 9.72 Å². The van der Waals surface area contributed by atoms with Crippen molar-refractivity contribution < 1.29 is 9.53 Å². The molecule has 0 radical (unpaired) electrons. The first-order valence-corrected chi connectivity index (χ1v) is 7.51. The monoisotopic (exact) mass is 303 g/mol. The summed E-state index contributed by atoms with van der Waals surface area (Å²) in [4.78, 5) is 18.4. The van der Waals surface area contributed by atoms with E-state index in [2.05, 4.69) is 10.4 Å². The molecule has 0 aliphatic carbocycles. The van der Waals surface area contributed by atoms with Crippen LogP contribution in [0.1, 0.15) is 24.5 Å². The maximum Gasteiger partial charge on any atom is 0.248 e. The Morgan fingerprint density at radius 2 is 2.23 bits per heavy atom. The number of carbonyl (C=O) groups is 1. The number of carbonyl (C=O) groups excluding carboxylic acids is 1. The highest BCUT2D eigenvalue weighted by atomic mass is 16.5. The Balaban J connectivity index is 1.75. The van der Waals surface area contributed by atoms with Crippen molar-refractivity contribution in [3.05, 3.63) is 24.2 Å². The second-order valence-corrected chi connectivity index (χ2v) is 5.51. The molecule has 118 valence electrons. The van der Waals surface area contributed by atoms with Crippen LogP contribution in [0.5, 0.6) is 0 Å². The summed E-state index contributed by atoms with van der Waals surface area (Å²) in [5, 5.41) is 7.43. The molecule has 3 rings (SSSR count). The predicted octanol–water partition coefficient (Wildman–Crippen LogP) is 1.12. The number of fused-ring (bicyclic) bond motifs is 1. The Labute approximate surface area is 129 Å². The van der Waals surface area contributed by atoms with E-state index in [0.717, 1.165) is 43.0 Å². The maximum absolute atomic E-state index is 11.8. The molecule has 1 saturated heterocycles. The SMILES string of the molecule is CNc1nc(C2CCN(C(=O)COC)CC2)cn2nccc12. The van der Waals surface area contributed by atoms with Crippen LogP contribution in [0, 0.1) is 0 Å². The number of methoxy groups -OCH3 is 1. The minimum Gasteiger partial charge on any atom is -0.375 e. The molecule has 3 heterocycles. The second kappa shape index (κ2) is 6.31. The third-order valence-corrected chi connectivity index (χ3v) is 4.18. The summed E-state index contributed by atoms with van der Waals surface area (Å²) in [5.41, 5.74) is 2.00. The van der Waals surface area contributed by atoms with Crippen LogP contribution in [-0.2, 0) is 9.53 Å². The van der Waals surface area contributed by atoms with Gasteiger partial charge in [-0.15, -0.1) is 0 Å². The van der Waals surface area contributed by atoms with Gasteiger partial charge in [-0.3, -0.25) is 4.79 Å². The summed E-state index contributed by atoms with van der Waals surface area (Å²) in [6.45, 7) is 1.66. The van der Waals surface area contributed by atoms with Crippen molar-refractivity contribution in [3.8, 4) is 0 Å². The van der Waals surface area contributed by atoms with Crippen LogP contribution in [0.15, 0.2) is 18.5 Å². The lowest BCUT2D eigenvalue weighted by Gasteiger charge is -2.31. The highest BCUT2D eigenvalue weighted by Crippen LogP contribution is 2.28. The van der Waals surface area contributed by atoms with E-state index in [-0.39, 0.29) is 12.5 Å². The third-order valence-electron chi connectivity index (χ3n) is 4.18. The largest absolute Gasteiger partial charge is 0.375 e. The summed E-state index contributed by atoms with van der Waals surface area (Å²) in [5.74, 6) is 1.26. The van der Waals surface area contributed by atoms with E-state index in [1.54, 1.807) is 13.3 Å². The van der Waals surface area contributed by atoms with Gasteiger partial charge in [0.15, 0.2) is 5.82 Å². The molecule has 0 bridgehead atoms.